The van der Waals surface area contributed by atoms with Crippen LogP contribution in [-0.4, -0.2) is 39.3 Å². The van der Waals surface area contributed by atoms with Gasteiger partial charge in [-0.3, -0.25) is 9.56 Å². The summed E-state index contributed by atoms with van der Waals surface area (Å²) in [5.41, 5.74) is 2.14. The van der Waals surface area contributed by atoms with E-state index in [0.29, 0.717) is 6.54 Å². The topological polar surface area (TPSA) is 80.0 Å². The molecule has 0 aliphatic heterocycles. The maximum atomic E-state index is 4.46. The number of hydrogen-bond acceptors (Lipinski definition) is 5. The van der Waals surface area contributed by atoms with Crippen LogP contribution in [0, 0.1) is 6.92 Å². The van der Waals surface area contributed by atoms with Crippen molar-refractivity contribution in [3.8, 4) is 5.69 Å². The quantitative estimate of drug-likeness (QED) is 0.320. The molecule has 7 nitrogen and oxygen atoms in total. The molecule has 26 heavy (non-hydrogen) atoms. The molecule has 0 fully saturated rings. The number of nitrogens with one attached hydrogen (secondary N) is 2. The maximum Gasteiger partial charge on any atom is 0.191 e. The molecule has 0 aliphatic rings. The van der Waals surface area contributed by atoms with Crippen LogP contribution in [0.15, 0.2) is 47.0 Å². The van der Waals surface area contributed by atoms with E-state index in [0.717, 1.165) is 41.1 Å². The normalized spacial score (nSPS) is 11.1. The summed E-state index contributed by atoms with van der Waals surface area (Å²) in [6.07, 6.45) is 2.58. The van der Waals surface area contributed by atoms with Gasteiger partial charge in [0.15, 0.2) is 11.8 Å². The average Bonchev–Trinajstić information content (AvgIpc) is 3.27. The molecule has 9 heteroatoms. The Bertz CT molecular complexity index is 829. The highest BCUT2D eigenvalue weighted by Crippen LogP contribution is 2.09. The van der Waals surface area contributed by atoms with Crippen molar-refractivity contribution in [1.82, 2.24) is 30.4 Å². The molecule has 0 aliphatic carbocycles. The zero-order chi connectivity index (χ0) is 17.5. The molecule has 0 atom stereocenters. The van der Waals surface area contributed by atoms with E-state index in [1.807, 2.05) is 41.8 Å². The van der Waals surface area contributed by atoms with E-state index < -0.39 is 0 Å². The predicted molar refractivity (Wildman–Crippen MR) is 116 cm³/mol. The SMILES string of the molecule is CN=C(NCCc1csc(C)n1)NCc1nncn1-c1ccccc1.I. The van der Waals surface area contributed by atoms with Crippen molar-refractivity contribution < 1.29 is 0 Å². The van der Waals surface area contributed by atoms with Crippen LogP contribution >= 0.6 is 35.3 Å². The Kier molecular flexibility index (Phi) is 7.98. The van der Waals surface area contributed by atoms with Crippen molar-refractivity contribution in [2.24, 2.45) is 4.99 Å². The summed E-state index contributed by atoms with van der Waals surface area (Å²) >= 11 is 1.67. The lowest BCUT2D eigenvalue weighted by Gasteiger charge is -2.12. The fraction of sp³-hybridized carbons (Fsp3) is 0.294. The predicted octanol–water partition coefficient (Wildman–Crippen LogP) is 2.56. The van der Waals surface area contributed by atoms with E-state index in [4.69, 9.17) is 0 Å². The number of aromatic nitrogens is 4. The Morgan fingerprint density at radius 2 is 2.04 bits per heavy atom. The second kappa shape index (κ2) is 10.2. The van der Waals surface area contributed by atoms with E-state index in [2.05, 4.69) is 36.2 Å². The Morgan fingerprint density at radius 1 is 1.23 bits per heavy atom. The van der Waals surface area contributed by atoms with Crippen LogP contribution in [0.2, 0.25) is 0 Å². The Labute approximate surface area is 174 Å². The minimum atomic E-state index is 0. The van der Waals surface area contributed by atoms with Gasteiger partial charge in [0.2, 0.25) is 0 Å². The van der Waals surface area contributed by atoms with Crippen LogP contribution in [0.3, 0.4) is 0 Å². The third-order valence-electron chi connectivity index (χ3n) is 3.63. The molecule has 0 saturated carbocycles. The molecule has 0 unspecified atom stereocenters. The number of aryl methyl sites for hydroxylation is 1. The number of benzene rings is 1. The molecule has 1 aromatic carbocycles. The molecule has 0 radical (unpaired) electrons. The van der Waals surface area contributed by atoms with Crippen LogP contribution in [0.4, 0.5) is 0 Å². The lowest BCUT2D eigenvalue weighted by atomic mass is 10.3. The average molecular weight is 483 g/mol. The van der Waals surface area contributed by atoms with Gasteiger partial charge < -0.3 is 10.6 Å². The third-order valence-corrected chi connectivity index (χ3v) is 4.45. The minimum Gasteiger partial charge on any atom is -0.356 e. The first-order valence-electron chi connectivity index (χ1n) is 8.06. The summed E-state index contributed by atoms with van der Waals surface area (Å²) in [4.78, 5) is 8.71. The number of halogens is 1. The Morgan fingerprint density at radius 3 is 2.73 bits per heavy atom. The van der Waals surface area contributed by atoms with E-state index in [-0.39, 0.29) is 24.0 Å². The van der Waals surface area contributed by atoms with E-state index >= 15 is 0 Å². The number of para-hydroxylation sites is 1. The van der Waals surface area contributed by atoms with Crippen molar-refractivity contribution in [2.45, 2.75) is 19.9 Å². The van der Waals surface area contributed by atoms with E-state index in [1.54, 1.807) is 24.7 Å². The summed E-state index contributed by atoms with van der Waals surface area (Å²) in [5, 5.41) is 18.0. The zero-order valence-corrected chi connectivity index (χ0v) is 17.9. The molecule has 138 valence electrons. The lowest BCUT2D eigenvalue weighted by Crippen LogP contribution is -2.38. The minimum absolute atomic E-state index is 0. The van der Waals surface area contributed by atoms with Gasteiger partial charge in [-0.15, -0.1) is 45.5 Å². The van der Waals surface area contributed by atoms with Crippen molar-refractivity contribution >= 4 is 41.3 Å². The van der Waals surface area contributed by atoms with Crippen LogP contribution in [0.5, 0.6) is 0 Å². The number of aliphatic imine (C=N–C) groups is 1. The first-order chi connectivity index (χ1) is 12.3. The third kappa shape index (κ3) is 5.49. The van der Waals surface area contributed by atoms with Crippen molar-refractivity contribution in [3.05, 3.63) is 58.6 Å². The molecule has 0 saturated heterocycles. The van der Waals surface area contributed by atoms with E-state index in [1.165, 1.54) is 0 Å². The second-order valence-electron chi connectivity index (χ2n) is 5.41. The summed E-state index contributed by atoms with van der Waals surface area (Å²) < 4.78 is 1.96. The van der Waals surface area contributed by atoms with Gasteiger partial charge in [-0.05, 0) is 19.1 Å². The van der Waals surface area contributed by atoms with Crippen LogP contribution in [-0.2, 0) is 13.0 Å². The molecule has 3 rings (SSSR count). The van der Waals surface area contributed by atoms with Gasteiger partial charge in [-0.25, -0.2) is 4.98 Å². The highest BCUT2D eigenvalue weighted by molar-refractivity contribution is 14.0. The van der Waals surface area contributed by atoms with Gasteiger partial charge in [0.05, 0.1) is 17.2 Å². The molecule has 2 aromatic heterocycles. The summed E-state index contributed by atoms with van der Waals surface area (Å²) in [6.45, 7) is 3.32. The highest BCUT2D eigenvalue weighted by atomic mass is 127. The van der Waals surface area contributed by atoms with Gasteiger partial charge in [-0.1, -0.05) is 18.2 Å². The number of guanidine groups is 1. The maximum absolute atomic E-state index is 4.46. The highest BCUT2D eigenvalue weighted by Gasteiger charge is 2.07. The summed E-state index contributed by atoms with van der Waals surface area (Å²) in [5.74, 6) is 1.55. The summed E-state index contributed by atoms with van der Waals surface area (Å²) in [7, 11) is 1.75. The van der Waals surface area contributed by atoms with Crippen molar-refractivity contribution in [3.63, 3.8) is 0 Å². The number of rotatable bonds is 6. The number of nitrogens with zero attached hydrogens (tertiary/aromatic N) is 5. The number of thiazole rings is 1. The molecule has 0 bridgehead atoms. The summed E-state index contributed by atoms with van der Waals surface area (Å²) in [6, 6.07) is 10.0. The molecular formula is C17H22IN7S. The van der Waals surface area contributed by atoms with Gasteiger partial charge >= 0.3 is 0 Å². The largest absolute Gasteiger partial charge is 0.356 e. The second-order valence-corrected chi connectivity index (χ2v) is 6.48. The number of hydrogen-bond donors (Lipinski definition) is 2. The first-order valence-corrected chi connectivity index (χ1v) is 8.94. The fourth-order valence-corrected chi connectivity index (χ4v) is 3.05. The zero-order valence-electron chi connectivity index (χ0n) is 14.7. The lowest BCUT2D eigenvalue weighted by molar-refractivity contribution is 0.746. The van der Waals surface area contributed by atoms with Crippen LogP contribution in [0.25, 0.3) is 5.69 Å². The first kappa shape index (κ1) is 20.3. The molecule has 2 N–H and O–H groups in total. The Hall–Kier alpha value is -2.01. The van der Waals surface area contributed by atoms with Crippen molar-refractivity contribution in [1.29, 1.82) is 0 Å². The van der Waals surface area contributed by atoms with E-state index in [9.17, 15) is 0 Å². The smallest absolute Gasteiger partial charge is 0.191 e. The molecule has 3 aromatic rings. The van der Waals surface area contributed by atoms with Gasteiger partial charge in [-0.2, -0.15) is 0 Å². The van der Waals surface area contributed by atoms with Crippen molar-refractivity contribution in [2.75, 3.05) is 13.6 Å². The Balaban J connectivity index is 0.00000243. The monoisotopic (exact) mass is 483 g/mol. The van der Waals surface area contributed by atoms with Gasteiger partial charge in [0.25, 0.3) is 0 Å². The molecule has 0 amide bonds. The van der Waals surface area contributed by atoms with Crippen LogP contribution < -0.4 is 10.6 Å². The van der Waals surface area contributed by atoms with Gasteiger partial charge in [0, 0.05) is 31.1 Å². The standard InChI is InChI=1S/C17H21N7S.HI/c1-13-22-14(11-25-13)8-9-19-17(18-2)20-10-16-23-21-12-24(16)15-6-4-3-5-7-15;/h3-7,11-12H,8-10H2,1-2H3,(H2,18,19,20);1H. The molecule has 2 heterocycles. The molecule has 0 spiro atoms. The molecular weight excluding hydrogens is 461 g/mol. The fourth-order valence-electron chi connectivity index (χ4n) is 2.40. The van der Waals surface area contributed by atoms with Gasteiger partial charge in [0.1, 0.15) is 6.33 Å². The van der Waals surface area contributed by atoms with Crippen LogP contribution in [0.1, 0.15) is 16.5 Å².